The zero-order valence-electron chi connectivity index (χ0n) is 9.01. The number of ketones is 1. The van der Waals surface area contributed by atoms with Gasteiger partial charge >= 0.3 is 6.18 Å². The van der Waals surface area contributed by atoms with E-state index in [-0.39, 0.29) is 12.1 Å². The fraction of sp³-hybridized carbons (Fsp3) is 0.364. The van der Waals surface area contributed by atoms with Gasteiger partial charge in [0.1, 0.15) is 0 Å². The van der Waals surface area contributed by atoms with Crippen LogP contribution in [0.5, 0.6) is 0 Å². The van der Waals surface area contributed by atoms with E-state index in [0.29, 0.717) is 0 Å². The third kappa shape index (κ3) is 3.06. The highest BCUT2D eigenvalue weighted by Gasteiger charge is 2.34. The summed E-state index contributed by atoms with van der Waals surface area (Å²) in [4.78, 5) is 13.1. The van der Waals surface area contributed by atoms with Crippen molar-refractivity contribution in [3.8, 4) is 0 Å². The maximum atomic E-state index is 12.6. The van der Waals surface area contributed by atoms with Crippen LogP contribution in [-0.2, 0) is 6.18 Å². The average Bonchev–Trinajstić information content (AvgIpc) is 2.15. The van der Waals surface area contributed by atoms with E-state index in [1.54, 1.807) is 14.1 Å². The number of alkyl halides is 3. The predicted octanol–water partition coefficient (Wildman–Crippen LogP) is 2.45. The lowest BCUT2D eigenvalue weighted by atomic mass is 10.0. The summed E-state index contributed by atoms with van der Waals surface area (Å²) >= 11 is 0. The first-order valence-corrected chi connectivity index (χ1v) is 4.66. The van der Waals surface area contributed by atoms with Gasteiger partial charge < -0.3 is 4.90 Å². The lowest BCUT2D eigenvalue weighted by molar-refractivity contribution is -0.137. The summed E-state index contributed by atoms with van der Waals surface area (Å²) in [7, 11) is 3.27. The monoisotopic (exact) mass is 231 g/mol. The Bertz CT molecular complexity index is 385. The molecule has 0 spiro atoms. The number of carbonyl (C=O) groups is 1. The van der Waals surface area contributed by atoms with Crippen molar-refractivity contribution >= 4 is 5.78 Å². The van der Waals surface area contributed by atoms with Gasteiger partial charge in [-0.3, -0.25) is 4.79 Å². The summed E-state index contributed by atoms with van der Waals surface area (Å²) in [5.74, 6) is -0.530. The second-order valence-corrected chi connectivity index (χ2v) is 3.70. The lowest BCUT2D eigenvalue weighted by Gasteiger charge is -2.13. The summed E-state index contributed by atoms with van der Waals surface area (Å²) in [5, 5.41) is 0. The molecular formula is C11H12F3NO. The second kappa shape index (κ2) is 4.65. The van der Waals surface area contributed by atoms with E-state index in [4.69, 9.17) is 0 Å². The third-order valence-corrected chi connectivity index (χ3v) is 1.99. The fourth-order valence-electron chi connectivity index (χ4n) is 1.35. The molecular weight excluding hydrogens is 219 g/mol. The highest BCUT2D eigenvalue weighted by Crippen LogP contribution is 2.31. The van der Waals surface area contributed by atoms with Gasteiger partial charge in [-0.2, -0.15) is 13.2 Å². The molecule has 0 bridgehead atoms. The SMILES string of the molecule is CN(C)CC(=O)c1ccccc1C(F)(F)F. The molecule has 0 aliphatic heterocycles. The lowest BCUT2D eigenvalue weighted by Crippen LogP contribution is -2.24. The molecule has 1 aromatic rings. The minimum atomic E-state index is -4.49. The second-order valence-electron chi connectivity index (χ2n) is 3.70. The van der Waals surface area contributed by atoms with Crippen molar-refractivity contribution in [2.24, 2.45) is 0 Å². The van der Waals surface area contributed by atoms with Gasteiger partial charge in [-0.15, -0.1) is 0 Å². The molecule has 0 aliphatic carbocycles. The number of hydrogen-bond acceptors (Lipinski definition) is 2. The Hall–Kier alpha value is -1.36. The summed E-state index contributed by atoms with van der Waals surface area (Å²) < 4.78 is 37.7. The number of likely N-dealkylation sites (N-methyl/N-ethyl adjacent to an activating group) is 1. The molecule has 0 unspecified atom stereocenters. The first kappa shape index (κ1) is 12.7. The minimum absolute atomic E-state index is 0.0346. The van der Waals surface area contributed by atoms with Crippen LogP contribution in [0.25, 0.3) is 0 Å². The van der Waals surface area contributed by atoms with Gasteiger partial charge in [-0.05, 0) is 20.2 Å². The van der Waals surface area contributed by atoms with Crippen LogP contribution in [0, 0.1) is 0 Å². The van der Waals surface area contributed by atoms with Crippen LogP contribution in [0.15, 0.2) is 24.3 Å². The number of halogens is 3. The molecule has 0 saturated carbocycles. The molecule has 0 heterocycles. The molecule has 1 rings (SSSR count). The molecule has 0 saturated heterocycles. The zero-order chi connectivity index (χ0) is 12.3. The maximum absolute atomic E-state index is 12.6. The van der Waals surface area contributed by atoms with Gasteiger partial charge in [-0.25, -0.2) is 0 Å². The Kier molecular flexibility index (Phi) is 3.70. The molecule has 88 valence electrons. The van der Waals surface area contributed by atoms with Gasteiger partial charge in [-0.1, -0.05) is 18.2 Å². The largest absolute Gasteiger partial charge is 0.417 e. The Morgan fingerprint density at radius 1 is 1.25 bits per heavy atom. The molecule has 0 atom stereocenters. The number of Topliss-reactive ketones (excluding diaryl/α,β-unsaturated/α-hetero) is 1. The smallest absolute Gasteiger partial charge is 0.302 e. The van der Waals surface area contributed by atoms with Crippen molar-refractivity contribution in [2.45, 2.75) is 6.18 Å². The normalized spacial score (nSPS) is 11.9. The molecule has 0 aliphatic rings. The number of carbonyl (C=O) groups excluding carboxylic acids is 1. The Labute approximate surface area is 91.7 Å². The van der Waals surface area contributed by atoms with E-state index in [1.165, 1.54) is 23.1 Å². The minimum Gasteiger partial charge on any atom is -0.302 e. The van der Waals surface area contributed by atoms with Crippen LogP contribution >= 0.6 is 0 Å². The number of benzene rings is 1. The van der Waals surface area contributed by atoms with E-state index in [9.17, 15) is 18.0 Å². The molecule has 16 heavy (non-hydrogen) atoms. The van der Waals surface area contributed by atoms with Gasteiger partial charge in [0.25, 0.3) is 0 Å². The predicted molar refractivity (Wildman–Crippen MR) is 54.3 cm³/mol. The molecule has 5 heteroatoms. The van der Waals surface area contributed by atoms with Crippen molar-refractivity contribution in [2.75, 3.05) is 20.6 Å². The van der Waals surface area contributed by atoms with Crippen LogP contribution in [0.2, 0.25) is 0 Å². The quantitative estimate of drug-likeness (QED) is 0.745. The van der Waals surface area contributed by atoms with Crippen LogP contribution < -0.4 is 0 Å². The van der Waals surface area contributed by atoms with Crippen molar-refractivity contribution in [3.63, 3.8) is 0 Å². The molecule has 0 radical (unpaired) electrons. The van der Waals surface area contributed by atoms with Gasteiger partial charge in [0.2, 0.25) is 0 Å². The molecule has 1 aromatic carbocycles. The first-order valence-electron chi connectivity index (χ1n) is 4.66. The topological polar surface area (TPSA) is 20.3 Å². The van der Waals surface area contributed by atoms with Crippen LogP contribution in [0.3, 0.4) is 0 Å². The summed E-state index contributed by atoms with van der Waals surface area (Å²) in [6.45, 7) is -0.0346. The average molecular weight is 231 g/mol. The molecule has 0 fully saturated rings. The highest BCUT2D eigenvalue weighted by atomic mass is 19.4. The number of nitrogens with zero attached hydrogens (tertiary/aromatic N) is 1. The van der Waals surface area contributed by atoms with Crippen molar-refractivity contribution < 1.29 is 18.0 Å². The molecule has 0 amide bonds. The van der Waals surface area contributed by atoms with Crippen molar-refractivity contribution in [3.05, 3.63) is 35.4 Å². The standard InChI is InChI=1S/C11H12F3NO/c1-15(2)7-10(16)8-5-3-4-6-9(8)11(12,13)14/h3-6H,7H2,1-2H3. The Morgan fingerprint density at radius 2 is 1.81 bits per heavy atom. The van der Waals surface area contributed by atoms with Crippen molar-refractivity contribution in [1.82, 2.24) is 4.90 Å². The number of rotatable bonds is 3. The summed E-state index contributed by atoms with van der Waals surface area (Å²) in [6, 6.07) is 4.82. The van der Waals surface area contributed by atoms with E-state index in [0.717, 1.165) is 6.07 Å². The first-order chi connectivity index (χ1) is 7.32. The highest BCUT2D eigenvalue weighted by molar-refractivity contribution is 5.99. The zero-order valence-corrected chi connectivity index (χ0v) is 9.01. The van der Waals surface area contributed by atoms with Gasteiger partial charge in [0.15, 0.2) is 5.78 Å². The van der Waals surface area contributed by atoms with Crippen LogP contribution in [-0.4, -0.2) is 31.3 Å². The van der Waals surface area contributed by atoms with Gasteiger partial charge in [0.05, 0.1) is 12.1 Å². The van der Waals surface area contributed by atoms with Crippen molar-refractivity contribution in [1.29, 1.82) is 0 Å². The Balaban J connectivity index is 3.09. The molecule has 2 nitrogen and oxygen atoms in total. The van der Waals surface area contributed by atoms with Gasteiger partial charge in [0, 0.05) is 5.56 Å². The molecule has 0 N–H and O–H groups in total. The molecule has 0 aromatic heterocycles. The Morgan fingerprint density at radius 3 is 2.31 bits per heavy atom. The maximum Gasteiger partial charge on any atom is 0.417 e. The van der Waals surface area contributed by atoms with E-state index in [1.807, 2.05) is 0 Å². The fourth-order valence-corrected chi connectivity index (χ4v) is 1.35. The van der Waals surface area contributed by atoms with E-state index < -0.39 is 17.5 Å². The van der Waals surface area contributed by atoms with Crippen LogP contribution in [0.1, 0.15) is 15.9 Å². The third-order valence-electron chi connectivity index (χ3n) is 1.99. The van der Waals surface area contributed by atoms with E-state index in [2.05, 4.69) is 0 Å². The summed E-state index contributed by atoms with van der Waals surface area (Å²) in [5.41, 5.74) is -1.15. The van der Waals surface area contributed by atoms with E-state index >= 15 is 0 Å². The number of hydrogen-bond donors (Lipinski definition) is 0. The van der Waals surface area contributed by atoms with Crippen LogP contribution in [0.4, 0.5) is 13.2 Å². The summed E-state index contributed by atoms with van der Waals surface area (Å²) in [6.07, 6.45) is -4.49.